The second-order valence-corrected chi connectivity index (χ2v) is 7.05. The summed E-state index contributed by atoms with van der Waals surface area (Å²) in [5.41, 5.74) is 2.83. The quantitative estimate of drug-likeness (QED) is 0.613. The number of fused-ring (bicyclic) bond motifs is 1. The van der Waals surface area contributed by atoms with Crippen molar-refractivity contribution in [3.63, 3.8) is 0 Å². The fourth-order valence-corrected chi connectivity index (χ4v) is 3.43. The second kappa shape index (κ2) is 8.06. The normalized spacial score (nSPS) is 15.6. The van der Waals surface area contributed by atoms with Gasteiger partial charge >= 0.3 is 0 Å². The van der Waals surface area contributed by atoms with Crippen LogP contribution in [0.25, 0.3) is 11.3 Å². The number of ether oxygens (including phenoxy) is 1. The molecule has 0 bridgehead atoms. The predicted octanol–water partition coefficient (Wildman–Crippen LogP) is 3.74. The van der Waals surface area contributed by atoms with Gasteiger partial charge in [0.05, 0.1) is 17.3 Å². The summed E-state index contributed by atoms with van der Waals surface area (Å²) in [6.45, 7) is 2.47. The molecule has 1 aliphatic heterocycles. The molecule has 1 aromatic carbocycles. The maximum Gasteiger partial charge on any atom is 0.220 e. The van der Waals surface area contributed by atoms with Crippen LogP contribution in [0.1, 0.15) is 25.3 Å². The molecule has 3 rings (SSSR count). The van der Waals surface area contributed by atoms with E-state index >= 15 is 0 Å². The Hall–Kier alpha value is -1.79. The Morgan fingerprint density at radius 1 is 1.48 bits per heavy atom. The van der Waals surface area contributed by atoms with Crippen molar-refractivity contribution < 1.29 is 9.53 Å². The molecule has 0 saturated carbocycles. The van der Waals surface area contributed by atoms with Gasteiger partial charge in [0, 0.05) is 30.2 Å². The van der Waals surface area contributed by atoms with E-state index in [-0.39, 0.29) is 12.0 Å². The molecule has 5 nitrogen and oxygen atoms in total. The lowest BCUT2D eigenvalue weighted by Gasteiger charge is -2.12. The Kier molecular flexibility index (Phi) is 5.81. The Morgan fingerprint density at radius 2 is 2.32 bits per heavy atom. The van der Waals surface area contributed by atoms with Crippen LogP contribution in [0.2, 0.25) is 5.02 Å². The molecule has 1 atom stereocenters. The third-order valence-corrected chi connectivity index (χ3v) is 4.81. The number of carbonyl (C=O) groups excluding carboxylic acids is 1. The highest BCUT2D eigenvalue weighted by Gasteiger charge is 2.26. The highest BCUT2D eigenvalue weighted by atomic mass is 35.5. The summed E-state index contributed by atoms with van der Waals surface area (Å²) in [4.78, 5) is 20.4. The number of benzene rings is 1. The van der Waals surface area contributed by atoms with E-state index in [4.69, 9.17) is 16.3 Å². The highest BCUT2D eigenvalue weighted by Crippen LogP contribution is 2.39. The number of aromatic nitrogens is 2. The number of nitrogens with one attached hydrogen (secondary N) is 1. The van der Waals surface area contributed by atoms with Crippen molar-refractivity contribution in [2.24, 2.45) is 0 Å². The van der Waals surface area contributed by atoms with Crippen LogP contribution < -0.4 is 10.1 Å². The summed E-state index contributed by atoms with van der Waals surface area (Å²) < 4.78 is 5.92. The topological polar surface area (TPSA) is 64.1 Å². The second-order valence-electron chi connectivity index (χ2n) is 5.87. The fourth-order valence-electron chi connectivity index (χ4n) is 2.79. The first-order valence-corrected chi connectivity index (χ1v) is 9.84. The minimum atomic E-state index is -0.0873. The zero-order valence-electron chi connectivity index (χ0n) is 14.2. The van der Waals surface area contributed by atoms with Crippen LogP contribution in [0.3, 0.4) is 0 Å². The van der Waals surface area contributed by atoms with Gasteiger partial charge in [0.25, 0.3) is 0 Å². The van der Waals surface area contributed by atoms with Gasteiger partial charge in [-0.1, -0.05) is 30.3 Å². The van der Waals surface area contributed by atoms with Crippen LogP contribution in [0, 0.1) is 0 Å². The summed E-state index contributed by atoms with van der Waals surface area (Å²) in [6.07, 6.45) is 5.70. The number of nitrogens with zero attached hydrogens (tertiary/aromatic N) is 2. The number of rotatable bonds is 6. The van der Waals surface area contributed by atoms with E-state index in [1.54, 1.807) is 6.20 Å². The van der Waals surface area contributed by atoms with Crippen molar-refractivity contribution in [2.45, 2.75) is 37.4 Å². The van der Waals surface area contributed by atoms with E-state index in [1.165, 1.54) is 11.8 Å². The molecular weight excluding hydrogens is 358 g/mol. The number of hydrogen-bond donors (Lipinski definition) is 1. The Balaban J connectivity index is 1.75. The first kappa shape index (κ1) is 18.0. The number of hydrogen-bond acceptors (Lipinski definition) is 5. The lowest BCUT2D eigenvalue weighted by molar-refractivity contribution is -0.121. The van der Waals surface area contributed by atoms with Gasteiger partial charge in [-0.2, -0.15) is 0 Å². The van der Waals surface area contributed by atoms with Gasteiger partial charge in [-0.15, -0.1) is 0 Å². The van der Waals surface area contributed by atoms with Crippen LogP contribution in [-0.4, -0.2) is 34.8 Å². The minimum absolute atomic E-state index is 0.0550. The predicted molar refractivity (Wildman–Crippen MR) is 100 cm³/mol. The van der Waals surface area contributed by atoms with Crippen LogP contribution >= 0.6 is 23.4 Å². The molecule has 1 amide bonds. The smallest absolute Gasteiger partial charge is 0.220 e. The van der Waals surface area contributed by atoms with Crippen molar-refractivity contribution in [2.75, 3.05) is 12.8 Å². The van der Waals surface area contributed by atoms with Crippen molar-refractivity contribution in [3.8, 4) is 17.0 Å². The maximum absolute atomic E-state index is 11.6. The summed E-state index contributed by atoms with van der Waals surface area (Å²) in [5.74, 6) is 0.763. The van der Waals surface area contributed by atoms with Crippen molar-refractivity contribution >= 4 is 29.3 Å². The molecule has 25 heavy (non-hydrogen) atoms. The van der Waals surface area contributed by atoms with Gasteiger partial charge in [-0.05, 0) is 30.9 Å². The molecule has 1 aliphatic rings. The monoisotopic (exact) mass is 377 g/mol. The molecule has 2 aromatic rings. The fraction of sp³-hybridized carbons (Fsp3) is 0.389. The molecule has 2 heterocycles. The average molecular weight is 378 g/mol. The van der Waals surface area contributed by atoms with E-state index in [2.05, 4.69) is 21.4 Å². The molecule has 0 unspecified atom stereocenters. The van der Waals surface area contributed by atoms with Gasteiger partial charge in [0.1, 0.15) is 11.9 Å². The van der Waals surface area contributed by atoms with Gasteiger partial charge in [-0.3, -0.25) is 4.79 Å². The number of amides is 1. The number of halogens is 1. The zero-order chi connectivity index (χ0) is 17.8. The first-order chi connectivity index (χ1) is 12.1. The Bertz CT molecular complexity index is 785. The van der Waals surface area contributed by atoms with Crippen molar-refractivity contribution in [3.05, 3.63) is 35.0 Å². The lowest BCUT2D eigenvalue weighted by atomic mass is 10.0. The minimum Gasteiger partial charge on any atom is -0.486 e. The molecule has 0 saturated heterocycles. The van der Waals surface area contributed by atoms with Gasteiger partial charge in [0.15, 0.2) is 5.16 Å². The summed E-state index contributed by atoms with van der Waals surface area (Å²) >= 11 is 7.92. The first-order valence-electron chi connectivity index (χ1n) is 8.24. The van der Waals surface area contributed by atoms with Gasteiger partial charge < -0.3 is 10.1 Å². The molecule has 0 radical (unpaired) electrons. The maximum atomic E-state index is 11.6. The average Bonchev–Trinajstić information content (AvgIpc) is 3.04. The lowest BCUT2D eigenvalue weighted by Crippen LogP contribution is -2.34. The highest BCUT2D eigenvalue weighted by molar-refractivity contribution is 7.98. The molecule has 1 aromatic heterocycles. The van der Waals surface area contributed by atoms with E-state index in [0.29, 0.717) is 23.7 Å². The number of thioether (sulfide) groups is 1. The van der Waals surface area contributed by atoms with Crippen LogP contribution in [-0.2, 0) is 11.2 Å². The molecule has 132 valence electrons. The SMILES string of the molecule is CCCC(=O)NC[C@@H]1Cc2cc(-c3ccnc(SC)n3)cc(Cl)c2O1. The van der Waals surface area contributed by atoms with Gasteiger partial charge in [-0.25, -0.2) is 9.97 Å². The Labute approximate surface area is 156 Å². The zero-order valence-corrected chi connectivity index (χ0v) is 15.8. The third-order valence-electron chi connectivity index (χ3n) is 3.97. The van der Waals surface area contributed by atoms with Crippen LogP contribution in [0.5, 0.6) is 5.75 Å². The molecule has 1 N–H and O–H groups in total. The summed E-state index contributed by atoms with van der Waals surface area (Å²) in [5, 5.41) is 4.20. The van der Waals surface area contributed by atoms with Crippen molar-refractivity contribution in [1.82, 2.24) is 15.3 Å². The largest absolute Gasteiger partial charge is 0.486 e. The molecule has 0 spiro atoms. The summed E-state index contributed by atoms with van der Waals surface area (Å²) in [6, 6.07) is 5.79. The van der Waals surface area contributed by atoms with E-state index in [0.717, 1.165) is 34.8 Å². The van der Waals surface area contributed by atoms with Crippen LogP contribution in [0.4, 0.5) is 0 Å². The van der Waals surface area contributed by atoms with Crippen molar-refractivity contribution in [1.29, 1.82) is 0 Å². The standard InChI is InChI=1S/C18H20ClN3O2S/c1-3-4-16(23)21-10-13-8-12-7-11(9-14(19)17(12)24-13)15-5-6-20-18(22-15)25-2/h5-7,9,13H,3-4,8,10H2,1-2H3,(H,21,23)/t13-/m0/s1. The third kappa shape index (κ3) is 4.25. The van der Waals surface area contributed by atoms with Gasteiger partial charge in [0.2, 0.25) is 5.91 Å². The molecule has 0 fully saturated rings. The van der Waals surface area contributed by atoms with E-state index in [9.17, 15) is 4.79 Å². The van der Waals surface area contributed by atoms with Crippen LogP contribution in [0.15, 0.2) is 29.6 Å². The Morgan fingerprint density at radius 3 is 3.08 bits per heavy atom. The summed E-state index contributed by atoms with van der Waals surface area (Å²) in [7, 11) is 0. The van der Waals surface area contributed by atoms with E-state index < -0.39 is 0 Å². The van der Waals surface area contributed by atoms with E-state index in [1.807, 2.05) is 25.3 Å². The molecular formula is C18H20ClN3O2S. The molecule has 0 aliphatic carbocycles. The number of carbonyl (C=O) groups is 1. The molecule has 7 heteroatoms.